The second-order valence-corrected chi connectivity index (χ2v) is 3.86. The van der Waals surface area contributed by atoms with Gasteiger partial charge in [0.1, 0.15) is 11.5 Å². The molecule has 2 heterocycles. The lowest BCUT2D eigenvalue weighted by atomic mass is 10.2. The lowest BCUT2D eigenvalue weighted by Crippen LogP contribution is -1.87. The van der Waals surface area contributed by atoms with E-state index in [4.69, 9.17) is 11.6 Å². The van der Waals surface area contributed by atoms with E-state index in [1.807, 2.05) is 6.07 Å². The molecule has 0 amide bonds. The van der Waals surface area contributed by atoms with Crippen molar-refractivity contribution in [2.24, 2.45) is 0 Å². The van der Waals surface area contributed by atoms with Crippen LogP contribution in [0.15, 0.2) is 35.3 Å². The second-order valence-electron chi connectivity index (χ2n) is 2.59. The normalized spacial score (nSPS) is 10.1. The first-order valence-corrected chi connectivity index (χ1v) is 5.02. The number of hydrogen-bond acceptors (Lipinski definition) is 3. The van der Waals surface area contributed by atoms with E-state index in [-0.39, 0.29) is 0 Å². The fourth-order valence-electron chi connectivity index (χ4n) is 1.05. The van der Waals surface area contributed by atoms with Crippen LogP contribution in [0.2, 0.25) is 5.15 Å². The third kappa shape index (κ3) is 1.91. The summed E-state index contributed by atoms with van der Waals surface area (Å²) in [6, 6.07) is 3.66. The number of hydrogen-bond donors (Lipinski definition) is 0. The smallest absolute Gasteiger partial charge is 0.138 e. The average molecular weight is 271 g/mol. The van der Waals surface area contributed by atoms with Gasteiger partial charge in [-0.15, -0.1) is 0 Å². The average Bonchev–Trinajstić information content (AvgIpc) is 2.23. The number of nitrogens with zero attached hydrogens (tertiary/aromatic N) is 3. The predicted octanol–water partition coefficient (Wildman–Crippen LogP) is 2.95. The van der Waals surface area contributed by atoms with Gasteiger partial charge in [0.2, 0.25) is 0 Å². The summed E-state index contributed by atoms with van der Waals surface area (Å²) < 4.78 is 0.871. The summed E-state index contributed by atoms with van der Waals surface area (Å²) in [5.74, 6) is 0. The molecule has 0 aliphatic carbocycles. The quantitative estimate of drug-likeness (QED) is 0.748. The second kappa shape index (κ2) is 4.02. The van der Waals surface area contributed by atoms with E-state index in [0.717, 1.165) is 15.7 Å². The Morgan fingerprint density at radius 3 is 2.86 bits per heavy atom. The third-order valence-corrected chi connectivity index (χ3v) is 2.40. The SMILES string of the molecule is Clc1ncc(Br)cc1-c1ccncn1. The molecule has 2 rings (SSSR count). The Hall–Kier alpha value is -1.00. The van der Waals surface area contributed by atoms with Crippen LogP contribution in [0.3, 0.4) is 0 Å². The minimum absolute atomic E-state index is 0.437. The van der Waals surface area contributed by atoms with Crippen LogP contribution < -0.4 is 0 Å². The molecule has 0 spiro atoms. The van der Waals surface area contributed by atoms with Crippen molar-refractivity contribution in [3.05, 3.63) is 40.5 Å². The molecule has 14 heavy (non-hydrogen) atoms. The summed E-state index contributed by atoms with van der Waals surface area (Å²) >= 11 is 9.27. The van der Waals surface area contributed by atoms with Crippen LogP contribution in [0.25, 0.3) is 11.3 Å². The Morgan fingerprint density at radius 2 is 2.14 bits per heavy atom. The molecule has 0 N–H and O–H groups in total. The molecular weight excluding hydrogens is 265 g/mol. The third-order valence-electron chi connectivity index (χ3n) is 1.66. The summed E-state index contributed by atoms with van der Waals surface area (Å²) in [5, 5.41) is 0.437. The lowest BCUT2D eigenvalue weighted by Gasteiger charge is -2.02. The van der Waals surface area contributed by atoms with Gasteiger partial charge in [-0.1, -0.05) is 11.6 Å². The zero-order chi connectivity index (χ0) is 9.97. The zero-order valence-corrected chi connectivity index (χ0v) is 9.33. The first-order chi connectivity index (χ1) is 6.77. The van der Waals surface area contributed by atoms with Crippen LogP contribution in [0.4, 0.5) is 0 Å². The predicted molar refractivity (Wildman–Crippen MR) is 58.0 cm³/mol. The molecule has 0 aromatic carbocycles. The molecule has 0 saturated carbocycles. The maximum absolute atomic E-state index is 5.94. The van der Waals surface area contributed by atoms with Crippen molar-refractivity contribution in [2.75, 3.05) is 0 Å². The van der Waals surface area contributed by atoms with E-state index < -0.39 is 0 Å². The zero-order valence-electron chi connectivity index (χ0n) is 6.98. The van der Waals surface area contributed by atoms with Crippen LogP contribution in [0.1, 0.15) is 0 Å². The summed E-state index contributed by atoms with van der Waals surface area (Å²) in [6.07, 6.45) is 4.79. The van der Waals surface area contributed by atoms with Gasteiger partial charge in [0.25, 0.3) is 0 Å². The molecule has 0 aliphatic rings. The molecule has 0 unspecified atom stereocenters. The van der Waals surface area contributed by atoms with E-state index in [2.05, 4.69) is 30.9 Å². The summed E-state index contributed by atoms with van der Waals surface area (Å²) in [4.78, 5) is 11.9. The fraction of sp³-hybridized carbons (Fsp3) is 0. The Bertz CT molecular complexity index is 447. The van der Waals surface area contributed by atoms with Crippen molar-refractivity contribution in [3.63, 3.8) is 0 Å². The van der Waals surface area contributed by atoms with Gasteiger partial charge in [0.15, 0.2) is 0 Å². The Labute approximate surface area is 94.3 Å². The number of pyridine rings is 1. The molecule has 0 aliphatic heterocycles. The molecule has 2 aromatic rings. The highest BCUT2D eigenvalue weighted by atomic mass is 79.9. The highest BCUT2D eigenvalue weighted by molar-refractivity contribution is 9.10. The van der Waals surface area contributed by atoms with Gasteiger partial charge in [-0.25, -0.2) is 15.0 Å². The summed E-state index contributed by atoms with van der Waals surface area (Å²) in [7, 11) is 0. The number of aromatic nitrogens is 3. The topological polar surface area (TPSA) is 38.7 Å². The van der Waals surface area contributed by atoms with E-state index in [1.165, 1.54) is 6.33 Å². The molecule has 0 bridgehead atoms. The Kier molecular flexibility index (Phi) is 2.74. The summed E-state index contributed by atoms with van der Waals surface area (Å²) in [6.45, 7) is 0. The number of halogens is 2. The van der Waals surface area contributed by atoms with Crippen molar-refractivity contribution >= 4 is 27.5 Å². The molecule has 0 atom stereocenters. The highest BCUT2D eigenvalue weighted by Crippen LogP contribution is 2.26. The van der Waals surface area contributed by atoms with Crippen molar-refractivity contribution in [3.8, 4) is 11.3 Å². The van der Waals surface area contributed by atoms with Crippen LogP contribution in [0.5, 0.6) is 0 Å². The van der Waals surface area contributed by atoms with E-state index in [1.54, 1.807) is 18.5 Å². The monoisotopic (exact) mass is 269 g/mol. The van der Waals surface area contributed by atoms with Gasteiger partial charge in [0, 0.05) is 22.4 Å². The first kappa shape index (κ1) is 9.55. The maximum Gasteiger partial charge on any atom is 0.138 e. The molecule has 70 valence electrons. The van der Waals surface area contributed by atoms with Crippen LogP contribution in [-0.2, 0) is 0 Å². The van der Waals surface area contributed by atoms with Gasteiger partial charge in [0.05, 0.1) is 5.69 Å². The van der Waals surface area contributed by atoms with Crippen LogP contribution in [0, 0.1) is 0 Å². The minimum Gasteiger partial charge on any atom is -0.245 e. The Balaban J connectivity index is 2.57. The van der Waals surface area contributed by atoms with E-state index >= 15 is 0 Å². The molecule has 3 nitrogen and oxygen atoms in total. The summed E-state index contributed by atoms with van der Waals surface area (Å²) in [5.41, 5.74) is 1.56. The number of rotatable bonds is 1. The lowest BCUT2D eigenvalue weighted by molar-refractivity contribution is 1.16. The highest BCUT2D eigenvalue weighted by Gasteiger charge is 2.05. The van der Waals surface area contributed by atoms with Gasteiger partial charge in [-0.3, -0.25) is 0 Å². The van der Waals surface area contributed by atoms with Gasteiger partial charge in [-0.2, -0.15) is 0 Å². The fourth-order valence-corrected chi connectivity index (χ4v) is 1.58. The van der Waals surface area contributed by atoms with Gasteiger partial charge >= 0.3 is 0 Å². The maximum atomic E-state index is 5.94. The molecule has 2 aromatic heterocycles. The van der Waals surface area contributed by atoms with Crippen molar-refractivity contribution < 1.29 is 0 Å². The van der Waals surface area contributed by atoms with Crippen molar-refractivity contribution in [1.82, 2.24) is 15.0 Å². The van der Waals surface area contributed by atoms with Crippen molar-refractivity contribution in [2.45, 2.75) is 0 Å². The Morgan fingerprint density at radius 1 is 1.29 bits per heavy atom. The first-order valence-electron chi connectivity index (χ1n) is 3.85. The molecule has 0 fully saturated rings. The van der Waals surface area contributed by atoms with Gasteiger partial charge in [-0.05, 0) is 28.1 Å². The standard InChI is InChI=1S/C9H5BrClN3/c10-6-3-7(9(11)13-4-6)8-1-2-12-5-14-8/h1-5H. The van der Waals surface area contributed by atoms with Crippen LogP contribution in [-0.4, -0.2) is 15.0 Å². The molecule has 0 saturated heterocycles. The molecular formula is C9H5BrClN3. The van der Waals surface area contributed by atoms with Crippen LogP contribution >= 0.6 is 27.5 Å². The molecule has 5 heteroatoms. The van der Waals surface area contributed by atoms with E-state index in [9.17, 15) is 0 Å². The largest absolute Gasteiger partial charge is 0.245 e. The van der Waals surface area contributed by atoms with Gasteiger partial charge < -0.3 is 0 Å². The minimum atomic E-state index is 0.437. The van der Waals surface area contributed by atoms with Crippen molar-refractivity contribution in [1.29, 1.82) is 0 Å². The molecule has 0 radical (unpaired) electrons. The van der Waals surface area contributed by atoms with E-state index in [0.29, 0.717) is 5.15 Å².